The van der Waals surface area contributed by atoms with Gasteiger partial charge in [-0.2, -0.15) is 5.26 Å². The summed E-state index contributed by atoms with van der Waals surface area (Å²) in [5, 5.41) is 21.9. The van der Waals surface area contributed by atoms with Crippen LogP contribution in [-0.2, 0) is 6.54 Å². The average Bonchev–Trinajstić information content (AvgIpc) is 2.55. The highest BCUT2D eigenvalue weighted by Crippen LogP contribution is 2.29. The van der Waals surface area contributed by atoms with Crippen molar-refractivity contribution < 1.29 is 9.84 Å². The van der Waals surface area contributed by atoms with Crippen LogP contribution in [0.4, 0.5) is 0 Å². The van der Waals surface area contributed by atoms with Crippen LogP contribution in [0.3, 0.4) is 0 Å². The fraction of sp³-hybridized carbons (Fsp3) is 0.588. The molecule has 0 aliphatic heterocycles. The molecule has 2 rings (SSSR count). The van der Waals surface area contributed by atoms with Crippen LogP contribution in [0.2, 0.25) is 0 Å². The second kappa shape index (κ2) is 8.02. The largest absolute Gasteiger partial charge is 0.496 e. The Morgan fingerprint density at radius 2 is 2.10 bits per heavy atom. The first-order valence-electron chi connectivity index (χ1n) is 7.67. The maximum Gasteiger partial charge on any atom is 0.123 e. The van der Waals surface area contributed by atoms with Crippen molar-refractivity contribution in [2.24, 2.45) is 11.8 Å². The van der Waals surface area contributed by atoms with Gasteiger partial charge in [-0.25, -0.2) is 0 Å². The number of hydrogen-bond donors (Lipinski definition) is 2. The van der Waals surface area contributed by atoms with E-state index in [-0.39, 0.29) is 0 Å². The Kier molecular flexibility index (Phi) is 6.04. The minimum atomic E-state index is 0.291. The van der Waals surface area contributed by atoms with Gasteiger partial charge in [0.1, 0.15) is 5.75 Å². The van der Waals surface area contributed by atoms with Gasteiger partial charge in [-0.15, -0.1) is 0 Å². The summed E-state index contributed by atoms with van der Waals surface area (Å²) < 4.78 is 5.34. The first-order valence-corrected chi connectivity index (χ1v) is 7.67. The Morgan fingerprint density at radius 1 is 1.33 bits per heavy atom. The number of benzene rings is 1. The molecule has 4 nitrogen and oxygen atoms in total. The topological polar surface area (TPSA) is 65.3 Å². The highest BCUT2D eigenvalue weighted by atomic mass is 16.5. The van der Waals surface area contributed by atoms with Crippen molar-refractivity contribution in [2.75, 3.05) is 20.3 Å². The van der Waals surface area contributed by atoms with E-state index >= 15 is 0 Å². The van der Waals surface area contributed by atoms with E-state index in [0.29, 0.717) is 30.6 Å². The number of nitrogens with one attached hydrogen (secondary N) is 1. The predicted octanol–water partition coefficient (Wildman–Crippen LogP) is 2.46. The van der Waals surface area contributed by atoms with E-state index in [1.165, 1.54) is 19.3 Å². The summed E-state index contributed by atoms with van der Waals surface area (Å²) in [7, 11) is 1.65. The van der Waals surface area contributed by atoms with Gasteiger partial charge < -0.3 is 15.2 Å². The van der Waals surface area contributed by atoms with Gasteiger partial charge in [-0.3, -0.25) is 0 Å². The van der Waals surface area contributed by atoms with Crippen LogP contribution in [0.5, 0.6) is 5.75 Å². The van der Waals surface area contributed by atoms with Crippen LogP contribution in [0.15, 0.2) is 18.2 Å². The standard InChI is InChI=1S/C17H24N2O2/c1-21-17-7-6-13(9-18)8-16(17)11-19-10-14-4-2-3-5-15(14)12-20/h6-8,14-15,19-20H,2-5,10-12H2,1H3. The van der Waals surface area contributed by atoms with Crippen molar-refractivity contribution >= 4 is 0 Å². The van der Waals surface area contributed by atoms with Gasteiger partial charge in [-0.1, -0.05) is 12.8 Å². The molecule has 2 atom stereocenters. The van der Waals surface area contributed by atoms with Crippen LogP contribution < -0.4 is 10.1 Å². The average molecular weight is 288 g/mol. The second-order valence-corrected chi connectivity index (χ2v) is 5.76. The van der Waals surface area contributed by atoms with Crippen molar-refractivity contribution in [1.29, 1.82) is 5.26 Å². The molecule has 0 saturated heterocycles. The lowest BCUT2D eigenvalue weighted by molar-refractivity contribution is 0.133. The molecule has 4 heteroatoms. The number of nitrogens with zero attached hydrogens (tertiary/aromatic N) is 1. The third-order valence-electron chi connectivity index (χ3n) is 4.43. The van der Waals surface area contributed by atoms with Gasteiger partial charge in [0.05, 0.1) is 18.7 Å². The van der Waals surface area contributed by atoms with Crippen molar-refractivity contribution in [3.05, 3.63) is 29.3 Å². The number of hydrogen-bond acceptors (Lipinski definition) is 4. The highest BCUT2D eigenvalue weighted by Gasteiger charge is 2.23. The molecule has 1 fully saturated rings. The van der Waals surface area contributed by atoms with Crippen LogP contribution >= 0.6 is 0 Å². The molecule has 2 unspecified atom stereocenters. The number of aliphatic hydroxyl groups excluding tert-OH is 1. The quantitative estimate of drug-likeness (QED) is 0.844. The van der Waals surface area contributed by atoms with Crippen molar-refractivity contribution in [1.82, 2.24) is 5.32 Å². The van der Waals surface area contributed by atoms with E-state index in [1.54, 1.807) is 13.2 Å². The number of nitriles is 1. The Balaban J connectivity index is 1.92. The van der Waals surface area contributed by atoms with E-state index in [0.717, 1.165) is 24.3 Å². The van der Waals surface area contributed by atoms with Crippen molar-refractivity contribution in [2.45, 2.75) is 32.2 Å². The van der Waals surface area contributed by atoms with Gasteiger partial charge >= 0.3 is 0 Å². The van der Waals surface area contributed by atoms with Crippen molar-refractivity contribution in [3.63, 3.8) is 0 Å². The smallest absolute Gasteiger partial charge is 0.123 e. The molecule has 1 aromatic rings. The first-order chi connectivity index (χ1) is 10.3. The summed E-state index contributed by atoms with van der Waals surface area (Å²) >= 11 is 0. The summed E-state index contributed by atoms with van der Waals surface area (Å²) in [6.45, 7) is 1.89. The van der Waals surface area contributed by atoms with Gasteiger partial charge in [0, 0.05) is 18.7 Å². The van der Waals surface area contributed by atoms with E-state index < -0.39 is 0 Å². The third kappa shape index (κ3) is 4.20. The molecule has 1 saturated carbocycles. The third-order valence-corrected chi connectivity index (χ3v) is 4.43. The normalized spacial score (nSPS) is 21.8. The zero-order chi connectivity index (χ0) is 15.1. The molecule has 0 amide bonds. The van der Waals surface area contributed by atoms with E-state index in [4.69, 9.17) is 10.00 Å². The van der Waals surface area contributed by atoms with Gasteiger partial charge in [-0.05, 0) is 49.4 Å². The van der Waals surface area contributed by atoms with Gasteiger partial charge in [0.25, 0.3) is 0 Å². The SMILES string of the molecule is COc1ccc(C#N)cc1CNCC1CCCCC1CO. The summed E-state index contributed by atoms with van der Waals surface area (Å²) in [6.07, 6.45) is 4.82. The number of rotatable bonds is 6. The zero-order valence-corrected chi connectivity index (χ0v) is 12.6. The predicted molar refractivity (Wildman–Crippen MR) is 81.9 cm³/mol. The van der Waals surface area contributed by atoms with E-state index in [9.17, 15) is 5.11 Å². The minimum absolute atomic E-state index is 0.291. The van der Waals surface area contributed by atoms with E-state index in [1.807, 2.05) is 12.1 Å². The Labute approximate surface area is 126 Å². The van der Waals surface area contributed by atoms with Gasteiger partial charge in [0.2, 0.25) is 0 Å². The molecule has 114 valence electrons. The minimum Gasteiger partial charge on any atom is -0.496 e. The first kappa shape index (κ1) is 15.8. The molecule has 1 aromatic carbocycles. The molecular formula is C17H24N2O2. The molecular weight excluding hydrogens is 264 g/mol. The summed E-state index contributed by atoms with van der Waals surface area (Å²) in [5.41, 5.74) is 1.66. The second-order valence-electron chi connectivity index (χ2n) is 5.76. The summed E-state index contributed by atoms with van der Waals surface area (Å²) in [5.74, 6) is 1.79. The van der Waals surface area contributed by atoms with Crippen LogP contribution in [0.25, 0.3) is 0 Å². The molecule has 21 heavy (non-hydrogen) atoms. The molecule has 1 aliphatic carbocycles. The molecule has 0 radical (unpaired) electrons. The Morgan fingerprint density at radius 3 is 2.76 bits per heavy atom. The Hall–Kier alpha value is -1.57. The molecule has 0 bridgehead atoms. The fourth-order valence-corrected chi connectivity index (χ4v) is 3.17. The summed E-state index contributed by atoms with van der Waals surface area (Å²) in [6, 6.07) is 7.64. The Bertz CT molecular complexity index is 496. The lowest BCUT2D eigenvalue weighted by atomic mass is 9.79. The lowest BCUT2D eigenvalue weighted by Crippen LogP contribution is -2.32. The van der Waals surface area contributed by atoms with E-state index in [2.05, 4.69) is 11.4 Å². The zero-order valence-electron chi connectivity index (χ0n) is 12.6. The molecule has 0 spiro atoms. The lowest BCUT2D eigenvalue weighted by Gasteiger charge is -2.30. The number of ether oxygens (including phenoxy) is 1. The maximum absolute atomic E-state index is 9.44. The highest BCUT2D eigenvalue weighted by molar-refractivity contribution is 5.41. The van der Waals surface area contributed by atoms with Crippen molar-refractivity contribution in [3.8, 4) is 11.8 Å². The summed E-state index contributed by atoms with van der Waals surface area (Å²) in [4.78, 5) is 0. The van der Waals surface area contributed by atoms with Crippen LogP contribution in [0, 0.1) is 23.2 Å². The number of methoxy groups -OCH3 is 1. The monoisotopic (exact) mass is 288 g/mol. The number of aliphatic hydroxyl groups is 1. The van der Waals surface area contributed by atoms with Crippen LogP contribution in [0.1, 0.15) is 36.8 Å². The fourth-order valence-electron chi connectivity index (χ4n) is 3.17. The molecule has 2 N–H and O–H groups in total. The molecule has 1 aliphatic rings. The maximum atomic E-state index is 9.44. The van der Waals surface area contributed by atoms with Gasteiger partial charge in [0.15, 0.2) is 0 Å². The molecule has 0 heterocycles. The van der Waals surface area contributed by atoms with Crippen LogP contribution in [-0.4, -0.2) is 25.4 Å². The molecule has 0 aromatic heterocycles.